The molecule has 2 amide bonds. The van der Waals surface area contributed by atoms with E-state index in [9.17, 15) is 9.59 Å². The number of nitriles is 1. The van der Waals surface area contributed by atoms with Crippen molar-refractivity contribution in [3.05, 3.63) is 107 Å². The van der Waals surface area contributed by atoms with Gasteiger partial charge >= 0.3 is 0 Å². The predicted octanol–water partition coefficient (Wildman–Crippen LogP) is 2.63. The number of carbonyl (C=O) groups excluding carboxylic acids is 2. The molecule has 1 fully saturated rings. The molecule has 3 aromatic carbocycles. The summed E-state index contributed by atoms with van der Waals surface area (Å²) in [6.45, 7) is 0.769. The Morgan fingerprint density at radius 3 is 2.30 bits per heavy atom. The van der Waals surface area contributed by atoms with Crippen LogP contribution in [0, 0.1) is 16.7 Å². The Morgan fingerprint density at radius 2 is 1.68 bits per heavy atom. The highest BCUT2D eigenvalue weighted by molar-refractivity contribution is 6.10. The van der Waals surface area contributed by atoms with Gasteiger partial charge in [0.25, 0.3) is 5.91 Å². The maximum absolute atomic E-state index is 13.7. The molecule has 37 heavy (non-hydrogen) atoms. The Morgan fingerprint density at radius 1 is 1.03 bits per heavy atom. The largest absolute Gasteiger partial charge is 0.355 e. The van der Waals surface area contributed by atoms with Crippen molar-refractivity contribution in [2.24, 2.45) is 5.73 Å². The lowest BCUT2D eigenvalue weighted by Crippen LogP contribution is -2.45. The monoisotopic (exact) mass is 494 g/mol. The van der Waals surface area contributed by atoms with Crippen molar-refractivity contribution in [2.45, 2.75) is 30.8 Å². The van der Waals surface area contributed by atoms with E-state index in [1.807, 2.05) is 66.7 Å². The second-order valence-electron chi connectivity index (χ2n) is 9.03. The van der Waals surface area contributed by atoms with Crippen LogP contribution in [0.25, 0.3) is 0 Å². The zero-order valence-corrected chi connectivity index (χ0v) is 20.5. The van der Waals surface area contributed by atoms with Gasteiger partial charge in [-0.25, -0.2) is 0 Å². The average molecular weight is 495 g/mol. The zero-order chi connectivity index (χ0) is 26.3. The first-order valence-electron chi connectivity index (χ1n) is 12.3. The Labute approximate surface area is 216 Å². The molecule has 3 aromatic rings. The number of amides is 2. The fourth-order valence-corrected chi connectivity index (χ4v) is 4.60. The van der Waals surface area contributed by atoms with Gasteiger partial charge < -0.3 is 16.4 Å². The Kier molecular flexibility index (Phi) is 7.96. The molecule has 0 radical (unpaired) electrons. The molecule has 8 heteroatoms. The van der Waals surface area contributed by atoms with Crippen LogP contribution in [0.5, 0.6) is 0 Å². The van der Waals surface area contributed by atoms with Crippen LogP contribution in [-0.4, -0.2) is 41.8 Å². The van der Waals surface area contributed by atoms with Crippen LogP contribution >= 0.6 is 0 Å². The third-order valence-electron chi connectivity index (χ3n) is 6.51. The maximum Gasteiger partial charge on any atom is 0.264 e. The van der Waals surface area contributed by atoms with E-state index < -0.39 is 11.6 Å². The summed E-state index contributed by atoms with van der Waals surface area (Å²) in [5, 5.41) is 23.5. The fourth-order valence-electron chi connectivity index (χ4n) is 4.60. The van der Waals surface area contributed by atoms with Crippen LogP contribution in [0.3, 0.4) is 0 Å². The molecule has 0 bridgehead atoms. The first kappa shape index (κ1) is 25.6. The number of hydrogen-bond acceptors (Lipinski definition) is 5. The smallest absolute Gasteiger partial charge is 0.264 e. The Hall–Kier alpha value is -4.48. The summed E-state index contributed by atoms with van der Waals surface area (Å²) in [7, 11) is 0. The van der Waals surface area contributed by atoms with E-state index in [1.54, 1.807) is 18.2 Å². The van der Waals surface area contributed by atoms with Crippen molar-refractivity contribution in [3.8, 4) is 6.07 Å². The molecular formula is C29H30N6O2. The molecule has 188 valence electrons. The van der Waals surface area contributed by atoms with Gasteiger partial charge in [-0.3, -0.25) is 19.9 Å². The van der Waals surface area contributed by atoms with E-state index in [1.165, 1.54) is 4.90 Å². The topological polar surface area (TPSA) is 135 Å². The van der Waals surface area contributed by atoms with Crippen molar-refractivity contribution >= 4 is 17.8 Å². The minimum atomic E-state index is -1.15. The first-order valence-corrected chi connectivity index (χ1v) is 12.3. The molecule has 1 saturated heterocycles. The molecule has 0 saturated carbocycles. The first-order chi connectivity index (χ1) is 18.0. The number of guanidine groups is 1. The van der Waals surface area contributed by atoms with Gasteiger partial charge in [0.1, 0.15) is 0 Å². The molecule has 1 unspecified atom stereocenters. The number of hydrogen-bond donors (Lipinski definition) is 4. The molecule has 1 aliphatic heterocycles. The van der Waals surface area contributed by atoms with E-state index in [4.69, 9.17) is 16.4 Å². The fraction of sp³-hybridized carbons (Fsp3) is 0.241. The quantitative estimate of drug-likeness (QED) is 0.321. The summed E-state index contributed by atoms with van der Waals surface area (Å²) in [6.07, 6.45) is 1.58. The Balaban J connectivity index is 1.32. The van der Waals surface area contributed by atoms with Gasteiger partial charge in [0.2, 0.25) is 5.91 Å². The number of benzene rings is 3. The molecule has 1 heterocycles. The number of carbonyl (C=O) groups is 2. The molecular weight excluding hydrogens is 464 g/mol. The number of rotatable bonds is 10. The van der Waals surface area contributed by atoms with Crippen LogP contribution in [0.4, 0.5) is 0 Å². The van der Waals surface area contributed by atoms with Gasteiger partial charge in [0.05, 0.1) is 17.7 Å². The molecule has 4 rings (SSSR count). The third kappa shape index (κ3) is 5.52. The normalized spacial score (nSPS) is 15.1. The minimum absolute atomic E-state index is 0.0587. The SMILES string of the molecule is N#Cc1cccc(CC(N)C(=O)NCCCCN2C(=N)NC(c3ccccc3)(c3ccccc3)C2=O)c1. The highest BCUT2D eigenvalue weighted by Crippen LogP contribution is 2.35. The van der Waals surface area contributed by atoms with E-state index in [0.717, 1.165) is 16.7 Å². The lowest BCUT2D eigenvalue weighted by molar-refractivity contribution is -0.130. The van der Waals surface area contributed by atoms with Crippen LogP contribution in [0.15, 0.2) is 84.9 Å². The van der Waals surface area contributed by atoms with E-state index in [-0.39, 0.29) is 17.8 Å². The van der Waals surface area contributed by atoms with Gasteiger partial charge in [0, 0.05) is 13.1 Å². The molecule has 0 aromatic heterocycles. The van der Waals surface area contributed by atoms with Crippen LogP contribution in [0.2, 0.25) is 0 Å². The van der Waals surface area contributed by atoms with Gasteiger partial charge in [-0.15, -0.1) is 0 Å². The zero-order valence-electron chi connectivity index (χ0n) is 20.5. The van der Waals surface area contributed by atoms with Crippen molar-refractivity contribution < 1.29 is 9.59 Å². The van der Waals surface area contributed by atoms with Crippen LogP contribution in [-0.2, 0) is 21.5 Å². The van der Waals surface area contributed by atoms with Crippen molar-refractivity contribution in [3.63, 3.8) is 0 Å². The van der Waals surface area contributed by atoms with Crippen LogP contribution < -0.4 is 16.4 Å². The Bertz CT molecular complexity index is 1260. The summed E-state index contributed by atoms with van der Waals surface area (Å²) >= 11 is 0. The lowest BCUT2D eigenvalue weighted by atomic mass is 9.82. The van der Waals surface area contributed by atoms with Crippen LogP contribution in [0.1, 0.15) is 35.1 Å². The van der Waals surface area contributed by atoms with Crippen molar-refractivity contribution in [2.75, 3.05) is 13.1 Å². The van der Waals surface area contributed by atoms with Gasteiger partial charge in [-0.05, 0) is 48.1 Å². The van der Waals surface area contributed by atoms with Gasteiger partial charge in [-0.1, -0.05) is 72.8 Å². The molecule has 5 N–H and O–H groups in total. The summed E-state index contributed by atoms with van der Waals surface area (Å²) in [5.41, 5.74) is 7.82. The van der Waals surface area contributed by atoms with E-state index >= 15 is 0 Å². The predicted molar refractivity (Wildman–Crippen MR) is 141 cm³/mol. The summed E-state index contributed by atoms with van der Waals surface area (Å²) in [4.78, 5) is 27.6. The van der Waals surface area contributed by atoms with Crippen molar-refractivity contribution in [1.82, 2.24) is 15.5 Å². The number of unbranched alkanes of at least 4 members (excludes halogenated alkanes) is 1. The number of nitrogens with zero attached hydrogens (tertiary/aromatic N) is 2. The highest BCUT2D eigenvalue weighted by atomic mass is 16.2. The van der Waals surface area contributed by atoms with E-state index in [0.29, 0.717) is 37.9 Å². The molecule has 8 nitrogen and oxygen atoms in total. The average Bonchev–Trinajstić information content (AvgIpc) is 3.19. The summed E-state index contributed by atoms with van der Waals surface area (Å²) in [6, 6.07) is 27.3. The van der Waals surface area contributed by atoms with Gasteiger partial charge in [0.15, 0.2) is 11.5 Å². The van der Waals surface area contributed by atoms with E-state index in [2.05, 4.69) is 16.7 Å². The summed E-state index contributed by atoms with van der Waals surface area (Å²) < 4.78 is 0. The van der Waals surface area contributed by atoms with Crippen molar-refractivity contribution in [1.29, 1.82) is 10.7 Å². The summed E-state index contributed by atoms with van der Waals surface area (Å²) in [5.74, 6) is -0.398. The minimum Gasteiger partial charge on any atom is -0.355 e. The molecule has 0 spiro atoms. The van der Waals surface area contributed by atoms with Gasteiger partial charge in [-0.2, -0.15) is 5.26 Å². The standard InChI is InChI=1S/C29H30N6O2/c30-20-22-11-9-10-21(18-22)19-25(31)26(36)33-16-7-8-17-35-27(37)29(34-28(35)32,23-12-3-1-4-13-23)24-14-5-2-6-15-24/h1-6,9-15,18,25H,7-8,16-17,19,31H2,(H2,32,34)(H,33,36). The number of nitrogens with two attached hydrogens (primary N) is 1. The molecule has 1 aliphatic rings. The molecule has 0 aliphatic carbocycles. The lowest BCUT2D eigenvalue weighted by Gasteiger charge is -2.28. The second kappa shape index (κ2) is 11.5. The maximum atomic E-state index is 13.7. The third-order valence-corrected chi connectivity index (χ3v) is 6.51. The highest BCUT2D eigenvalue weighted by Gasteiger charge is 2.51. The molecule has 1 atom stereocenters. The number of nitrogens with one attached hydrogen (secondary N) is 3. The second-order valence-corrected chi connectivity index (χ2v) is 9.03.